The van der Waals surface area contributed by atoms with Gasteiger partial charge in [0.15, 0.2) is 16.8 Å². The predicted octanol–water partition coefficient (Wildman–Crippen LogP) is 4.67. The molecule has 2 aromatic heterocycles. The Kier molecular flexibility index (Phi) is 5.87. The standard InChI is InChI=1S/C24H24N4O3S/c1-16-2-4-17(5-3-16)20-15-25-23(31-20)9-8-22(29)26-18-6-7-19-21(14-18)32-24(27-19)28-10-12-30-13-11-28/h2-7,14-15H,8-13H2,1H3,(H,26,29). The summed E-state index contributed by atoms with van der Waals surface area (Å²) in [7, 11) is 0. The summed E-state index contributed by atoms with van der Waals surface area (Å²) in [6.45, 7) is 5.22. The molecule has 0 radical (unpaired) electrons. The van der Waals surface area contributed by atoms with Gasteiger partial charge in [-0.2, -0.15) is 0 Å². The highest BCUT2D eigenvalue weighted by Crippen LogP contribution is 2.31. The average molecular weight is 449 g/mol. The molecule has 164 valence electrons. The van der Waals surface area contributed by atoms with Crippen LogP contribution in [0.15, 0.2) is 53.1 Å². The quantitative estimate of drug-likeness (QED) is 0.462. The van der Waals surface area contributed by atoms with Crippen molar-refractivity contribution in [1.82, 2.24) is 9.97 Å². The summed E-state index contributed by atoms with van der Waals surface area (Å²) >= 11 is 1.64. The molecular weight excluding hydrogens is 424 g/mol. The van der Waals surface area contributed by atoms with Gasteiger partial charge in [0.1, 0.15) is 0 Å². The zero-order valence-corrected chi connectivity index (χ0v) is 18.7. The van der Waals surface area contributed by atoms with Gasteiger partial charge in [0.25, 0.3) is 0 Å². The van der Waals surface area contributed by atoms with Crippen LogP contribution >= 0.6 is 11.3 Å². The number of morpholine rings is 1. The lowest BCUT2D eigenvalue weighted by molar-refractivity contribution is -0.116. The molecule has 1 aliphatic heterocycles. The van der Waals surface area contributed by atoms with Crippen molar-refractivity contribution in [2.24, 2.45) is 0 Å². The molecule has 0 spiro atoms. The van der Waals surface area contributed by atoms with Gasteiger partial charge in [0.2, 0.25) is 5.91 Å². The molecule has 4 aromatic rings. The average Bonchev–Trinajstić information content (AvgIpc) is 3.46. The Morgan fingerprint density at radius 1 is 1.16 bits per heavy atom. The first-order valence-corrected chi connectivity index (χ1v) is 11.5. The fourth-order valence-corrected chi connectivity index (χ4v) is 4.66. The van der Waals surface area contributed by atoms with E-state index in [1.165, 1.54) is 5.56 Å². The van der Waals surface area contributed by atoms with Gasteiger partial charge >= 0.3 is 0 Å². The number of nitrogens with zero attached hydrogens (tertiary/aromatic N) is 3. The van der Waals surface area contributed by atoms with E-state index in [1.807, 2.05) is 49.4 Å². The van der Waals surface area contributed by atoms with Crippen LogP contribution in [0.2, 0.25) is 0 Å². The summed E-state index contributed by atoms with van der Waals surface area (Å²) in [4.78, 5) is 23.8. The van der Waals surface area contributed by atoms with E-state index in [2.05, 4.69) is 15.2 Å². The Morgan fingerprint density at radius 2 is 1.97 bits per heavy atom. The molecule has 32 heavy (non-hydrogen) atoms. The maximum atomic E-state index is 12.5. The highest BCUT2D eigenvalue weighted by molar-refractivity contribution is 7.22. The molecule has 1 saturated heterocycles. The number of thiazole rings is 1. The summed E-state index contributed by atoms with van der Waals surface area (Å²) in [5.41, 5.74) is 3.89. The Morgan fingerprint density at radius 3 is 2.78 bits per heavy atom. The summed E-state index contributed by atoms with van der Waals surface area (Å²) in [6, 6.07) is 13.9. The van der Waals surface area contributed by atoms with Crippen molar-refractivity contribution in [2.45, 2.75) is 19.8 Å². The van der Waals surface area contributed by atoms with E-state index in [0.29, 0.717) is 24.5 Å². The predicted molar refractivity (Wildman–Crippen MR) is 126 cm³/mol. The van der Waals surface area contributed by atoms with E-state index < -0.39 is 0 Å². The second kappa shape index (κ2) is 9.10. The lowest BCUT2D eigenvalue weighted by Gasteiger charge is -2.25. The number of ether oxygens (including phenoxy) is 1. The molecule has 7 nitrogen and oxygen atoms in total. The molecule has 0 unspecified atom stereocenters. The molecule has 5 rings (SSSR count). The first-order chi connectivity index (χ1) is 15.6. The topological polar surface area (TPSA) is 80.5 Å². The Bertz CT molecular complexity index is 1230. The zero-order valence-electron chi connectivity index (χ0n) is 17.8. The third-order valence-electron chi connectivity index (χ3n) is 5.40. The van der Waals surface area contributed by atoms with Crippen molar-refractivity contribution in [1.29, 1.82) is 0 Å². The van der Waals surface area contributed by atoms with Gasteiger partial charge in [0.05, 0.1) is 29.6 Å². The number of benzene rings is 2. The molecule has 1 amide bonds. The number of anilines is 2. The van der Waals surface area contributed by atoms with Crippen LogP contribution in [0.5, 0.6) is 0 Å². The molecule has 0 aliphatic carbocycles. The number of fused-ring (bicyclic) bond motifs is 1. The van der Waals surface area contributed by atoms with Crippen molar-refractivity contribution in [3.05, 3.63) is 60.1 Å². The second-order valence-corrected chi connectivity index (χ2v) is 8.82. The number of aromatic nitrogens is 2. The first-order valence-electron chi connectivity index (χ1n) is 10.7. The van der Waals surface area contributed by atoms with Crippen LogP contribution in [0, 0.1) is 6.92 Å². The van der Waals surface area contributed by atoms with Gasteiger partial charge in [-0.15, -0.1) is 0 Å². The van der Waals surface area contributed by atoms with E-state index in [9.17, 15) is 4.79 Å². The van der Waals surface area contributed by atoms with Crippen molar-refractivity contribution in [3.63, 3.8) is 0 Å². The van der Waals surface area contributed by atoms with E-state index in [0.717, 1.165) is 52.9 Å². The van der Waals surface area contributed by atoms with Gasteiger partial charge in [-0.3, -0.25) is 4.79 Å². The molecule has 1 N–H and O–H groups in total. The summed E-state index contributed by atoms with van der Waals surface area (Å²) in [5.74, 6) is 1.20. The number of hydrogen-bond donors (Lipinski definition) is 1. The molecule has 0 saturated carbocycles. The Labute approximate surface area is 190 Å². The van der Waals surface area contributed by atoms with Gasteiger partial charge in [0, 0.05) is 37.2 Å². The van der Waals surface area contributed by atoms with Crippen molar-refractivity contribution >= 4 is 38.3 Å². The molecular formula is C24H24N4O3S. The van der Waals surface area contributed by atoms with Crippen LogP contribution < -0.4 is 10.2 Å². The highest BCUT2D eigenvalue weighted by atomic mass is 32.1. The molecule has 1 aliphatic rings. The number of carbonyl (C=O) groups excluding carboxylic acids is 1. The number of aryl methyl sites for hydroxylation is 2. The first kappa shape index (κ1) is 20.7. The monoisotopic (exact) mass is 448 g/mol. The minimum Gasteiger partial charge on any atom is -0.441 e. The number of oxazole rings is 1. The maximum absolute atomic E-state index is 12.5. The summed E-state index contributed by atoms with van der Waals surface area (Å²) in [6.07, 6.45) is 2.46. The molecule has 0 bridgehead atoms. The lowest BCUT2D eigenvalue weighted by Crippen LogP contribution is -2.36. The Balaban J connectivity index is 1.19. The van der Waals surface area contributed by atoms with E-state index >= 15 is 0 Å². The van der Waals surface area contributed by atoms with Crippen molar-refractivity contribution < 1.29 is 13.9 Å². The fraction of sp³-hybridized carbons (Fsp3) is 0.292. The highest BCUT2D eigenvalue weighted by Gasteiger charge is 2.16. The molecule has 0 atom stereocenters. The maximum Gasteiger partial charge on any atom is 0.224 e. The fourth-order valence-electron chi connectivity index (χ4n) is 3.60. The van der Waals surface area contributed by atoms with Crippen LogP contribution in [0.4, 0.5) is 10.8 Å². The van der Waals surface area contributed by atoms with Crippen LogP contribution in [0.25, 0.3) is 21.5 Å². The van der Waals surface area contributed by atoms with Crippen LogP contribution in [-0.4, -0.2) is 42.2 Å². The van der Waals surface area contributed by atoms with Crippen LogP contribution in [-0.2, 0) is 16.0 Å². The van der Waals surface area contributed by atoms with E-state index in [-0.39, 0.29) is 5.91 Å². The van der Waals surface area contributed by atoms with E-state index in [1.54, 1.807) is 17.5 Å². The van der Waals surface area contributed by atoms with Gasteiger partial charge < -0.3 is 19.4 Å². The molecule has 1 fully saturated rings. The van der Waals surface area contributed by atoms with Gasteiger partial charge in [-0.1, -0.05) is 41.2 Å². The van der Waals surface area contributed by atoms with Crippen molar-refractivity contribution in [2.75, 3.05) is 36.5 Å². The van der Waals surface area contributed by atoms with Gasteiger partial charge in [-0.25, -0.2) is 9.97 Å². The SMILES string of the molecule is Cc1ccc(-c2cnc(CCC(=O)Nc3ccc4nc(N5CCOCC5)sc4c3)o2)cc1. The van der Waals surface area contributed by atoms with E-state index in [4.69, 9.17) is 14.1 Å². The smallest absolute Gasteiger partial charge is 0.224 e. The third-order valence-corrected chi connectivity index (χ3v) is 6.48. The van der Waals surface area contributed by atoms with Crippen molar-refractivity contribution in [3.8, 4) is 11.3 Å². The second-order valence-electron chi connectivity index (χ2n) is 7.81. The van der Waals surface area contributed by atoms with Crippen LogP contribution in [0.1, 0.15) is 17.9 Å². The Hall–Kier alpha value is -3.23. The molecule has 3 heterocycles. The molecule has 2 aromatic carbocycles. The summed E-state index contributed by atoms with van der Waals surface area (Å²) in [5, 5.41) is 3.97. The minimum absolute atomic E-state index is 0.0719. The molecule has 8 heteroatoms. The minimum atomic E-state index is -0.0719. The zero-order chi connectivity index (χ0) is 21.9. The number of amides is 1. The number of nitrogens with one attached hydrogen (secondary N) is 1. The van der Waals surface area contributed by atoms with Crippen LogP contribution in [0.3, 0.4) is 0 Å². The lowest BCUT2D eigenvalue weighted by atomic mass is 10.1. The number of carbonyl (C=O) groups is 1. The number of hydrogen-bond acceptors (Lipinski definition) is 7. The third kappa shape index (κ3) is 4.66. The number of rotatable bonds is 6. The summed E-state index contributed by atoms with van der Waals surface area (Å²) < 4.78 is 12.3. The normalized spacial score (nSPS) is 14.1. The largest absolute Gasteiger partial charge is 0.441 e. The van der Waals surface area contributed by atoms with Gasteiger partial charge in [-0.05, 0) is 25.1 Å².